The van der Waals surface area contributed by atoms with Crippen LogP contribution in [0, 0.1) is 17.0 Å². The second-order valence-corrected chi connectivity index (χ2v) is 4.40. The van der Waals surface area contributed by atoms with Gasteiger partial charge in [0.25, 0.3) is 0 Å². The molecular formula is C10H12BrNO4. The molecule has 16 heavy (non-hydrogen) atoms. The van der Waals surface area contributed by atoms with E-state index in [4.69, 9.17) is 9.84 Å². The molecule has 1 rings (SSSR count). The van der Waals surface area contributed by atoms with Crippen molar-refractivity contribution in [3.05, 3.63) is 32.3 Å². The molecule has 1 aromatic carbocycles. The lowest BCUT2D eigenvalue weighted by atomic mass is 10.2. The van der Waals surface area contributed by atoms with E-state index < -0.39 is 11.0 Å². The molecule has 0 aliphatic rings. The molecule has 0 unspecified atom stereocenters. The van der Waals surface area contributed by atoms with Crippen LogP contribution >= 0.6 is 15.9 Å². The number of ether oxygens (including phenoxy) is 1. The second-order valence-electron chi connectivity index (χ2n) is 3.49. The van der Waals surface area contributed by atoms with E-state index in [-0.39, 0.29) is 18.0 Å². The Morgan fingerprint density at radius 1 is 1.62 bits per heavy atom. The first kappa shape index (κ1) is 12.9. The summed E-state index contributed by atoms with van der Waals surface area (Å²) in [7, 11) is 0. The zero-order valence-corrected chi connectivity index (χ0v) is 10.5. The molecule has 0 bridgehead atoms. The van der Waals surface area contributed by atoms with Crippen molar-refractivity contribution in [1.29, 1.82) is 0 Å². The number of hydrogen-bond acceptors (Lipinski definition) is 4. The molecule has 0 saturated carbocycles. The van der Waals surface area contributed by atoms with Crippen molar-refractivity contribution in [3.8, 4) is 5.75 Å². The first-order valence-electron chi connectivity index (χ1n) is 4.67. The molecule has 0 amide bonds. The van der Waals surface area contributed by atoms with Gasteiger partial charge in [0.1, 0.15) is 6.61 Å². The zero-order chi connectivity index (χ0) is 12.3. The topological polar surface area (TPSA) is 72.6 Å². The average Bonchev–Trinajstić information content (AvgIpc) is 2.14. The highest BCUT2D eigenvalue weighted by molar-refractivity contribution is 9.10. The third-order valence-corrected chi connectivity index (χ3v) is 2.34. The van der Waals surface area contributed by atoms with Crippen molar-refractivity contribution in [3.63, 3.8) is 0 Å². The number of nitro groups is 1. The fraction of sp³-hybridized carbons (Fsp3) is 0.400. The van der Waals surface area contributed by atoms with E-state index in [1.165, 1.54) is 6.07 Å². The van der Waals surface area contributed by atoms with Crippen molar-refractivity contribution < 1.29 is 14.8 Å². The molecule has 1 N–H and O–H groups in total. The SMILES string of the molecule is Cc1cc(Br)cc([N+](=O)[O-])c1OC[C@H](C)O. The van der Waals surface area contributed by atoms with Gasteiger partial charge in [-0.2, -0.15) is 0 Å². The van der Waals surface area contributed by atoms with Crippen LogP contribution in [0.3, 0.4) is 0 Å². The number of nitro benzene ring substituents is 1. The smallest absolute Gasteiger partial charge is 0.312 e. The predicted molar refractivity (Wildman–Crippen MR) is 62.7 cm³/mol. The maximum absolute atomic E-state index is 10.8. The highest BCUT2D eigenvalue weighted by atomic mass is 79.9. The van der Waals surface area contributed by atoms with Crippen molar-refractivity contribution in [2.75, 3.05) is 6.61 Å². The van der Waals surface area contributed by atoms with E-state index >= 15 is 0 Å². The molecule has 0 saturated heterocycles. The van der Waals surface area contributed by atoms with Gasteiger partial charge in [-0.05, 0) is 25.5 Å². The molecule has 0 aliphatic carbocycles. The molecule has 1 aromatic rings. The maximum Gasteiger partial charge on any atom is 0.312 e. The molecular weight excluding hydrogens is 278 g/mol. The number of aliphatic hydroxyl groups is 1. The van der Waals surface area contributed by atoms with E-state index in [9.17, 15) is 10.1 Å². The van der Waals surface area contributed by atoms with Crippen LogP contribution in [0.2, 0.25) is 0 Å². The summed E-state index contributed by atoms with van der Waals surface area (Å²) in [6, 6.07) is 3.11. The van der Waals surface area contributed by atoms with E-state index in [1.807, 2.05) is 0 Å². The standard InChI is InChI=1S/C10H12BrNO4/c1-6-3-8(11)4-9(12(14)15)10(6)16-5-7(2)13/h3-4,7,13H,5H2,1-2H3/t7-/m0/s1. The van der Waals surface area contributed by atoms with Crippen LogP contribution in [0.5, 0.6) is 5.75 Å². The van der Waals surface area contributed by atoms with Gasteiger partial charge in [-0.3, -0.25) is 10.1 Å². The minimum absolute atomic E-state index is 0.0311. The Labute approximate surface area is 101 Å². The number of rotatable bonds is 4. The molecule has 6 heteroatoms. The van der Waals surface area contributed by atoms with Crippen molar-refractivity contribution in [2.45, 2.75) is 20.0 Å². The van der Waals surface area contributed by atoms with Crippen LogP contribution in [0.4, 0.5) is 5.69 Å². The quantitative estimate of drug-likeness (QED) is 0.682. The Balaban J connectivity index is 3.09. The molecule has 0 aliphatic heterocycles. The monoisotopic (exact) mass is 289 g/mol. The summed E-state index contributed by atoms with van der Waals surface area (Å²) in [6.45, 7) is 3.30. The van der Waals surface area contributed by atoms with Gasteiger partial charge in [0.15, 0.2) is 5.75 Å². The summed E-state index contributed by atoms with van der Waals surface area (Å²) in [5.41, 5.74) is 0.550. The van der Waals surface area contributed by atoms with Gasteiger partial charge in [-0.15, -0.1) is 0 Å². The van der Waals surface area contributed by atoms with Crippen LogP contribution in [0.1, 0.15) is 12.5 Å². The van der Waals surface area contributed by atoms with Crippen LogP contribution in [0.15, 0.2) is 16.6 Å². The fourth-order valence-corrected chi connectivity index (χ4v) is 1.80. The Bertz CT molecular complexity index is 406. The Kier molecular flexibility index (Phi) is 4.26. The van der Waals surface area contributed by atoms with Gasteiger partial charge >= 0.3 is 5.69 Å². The summed E-state index contributed by atoms with van der Waals surface area (Å²) in [6.07, 6.45) is -0.664. The molecule has 1 atom stereocenters. The fourth-order valence-electron chi connectivity index (χ4n) is 1.24. The third kappa shape index (κ3) is 3.18. The number of aryl methyl sites for hydroxylation is 1. The lowest BCUT2D eigenvalue weighted by Crippen LogP contribution is -2.14. The van der Waals surface area contributed by atoms with Crippen LogP contribution in [-0.4, -0.2) is 22.7 Å². The molecule has 0 heterocycles. The molecule has 5 nitrogen and oxygen atoms in total. The first-order valence-corrected chi connectivity index (χ1v) is 5.46. The summed E-state index contributed by atoms with van der Waals surface area (Å²) in [5, 5.41) is 19.9. The Morgan fingerprint density at radius 2 is 2.25 bits per heavy atom. The largest absolute Gasteiger partial charge is 0.484 e. The predicted octanol–water partition coefficient (Wildman–Crippen LogP) is 2.43. The van der Waals surface area contributed by atoms with Gasteiger partial charge in [-0.25, -0.2) is 0 Å². The van der Waals surface area contributed by atoms with Gasteiger partial charge in [0.2, 0.25) is 0 Å². The summed E-state index contributed by atoms with van der Waals surface area (Å²) in [5.74, 6) is 0.203. The minimum Gasteiger partial charge on any atom is -0.484 e. The second kappa shape index (κ2) is 5.27. The van der Waals surface area contributed by atoms with Crippen molar-refractivity contribution in [1.82, 2.24) is 0 Å². The molecule has 0 radical (unpaired) electrons. The normalized spacial score (nSPS) is 12.2. The lowest BCUT2D eigenvalue weighted by Gasteiger charge is -2.11. The third-order valence-electron chi connectivity index (χ3n) is 1.89. The van der Waals surface area contributed by atoms with Crippen LogP contribution in [-0.2, 0) is 0 Å². The molecule has 0 aromatic heterocycles. The van der Waals surface area contributed by atoms with Crippen molar-refractivity contribution in [2.24, 2.45) is 0 Å². The minimum atomic E-state index is -0.664. The Morgan fingerprint density at radius 3 is 2.75 bits per heavy atom. The Hall–Kier alpha value is -1.14. The van der Waals surface area contributed by atoms with Crippen LogP contribution in [0.25, 0.3) is 0 Å². The first-order chi connectivity index (χ1) is 7.41. The number of halogens is 1. The lowest BCUT2D eigenvalue weighted by molar-refractivity contribution is -0.386. The molecule has 88 valence electrons. The van der Waals surface area contributed by atoms with Gasteiger partial charge < -0.3 is 9.84 Å². The van der Waals surface area contributed by atoms with E-state index in [0.717, 1.165) is 0 Å². The van der Waals surface area contributed by atoms with Gasteiger partial charge in [0.05, 0.1) is 11.0 Å². The van der Waals surface area contributed by atoms with Gasteiger partial charge in [0, 0.05) is 10.5 Å². The molecule has 0 fully saturated rings. The van der Waals surface area contributed by atoms with Crippen LogP contribution < -0.4 is 4.74 Å². The van der Waals surface area contributed by atoms with Gasteiger partial charge in [-0.1, -0.05) is 15.9 Å². The van der Waals surface area contributed by atoms with E-state index in [2.05, 4.69) is 15.9 Å². The van der Waals surface area contributed by atoms with E-state index in [1.54, 1.807) is 19.9 Å². The zero-order valence-electron chi connectivity index (χ0n) is 8.94. The average molecular weight is 290 g/mol. The summed E-state index contributed by atoms with van der Waals surface area (Å²) < 4.78 is 5.86. The maximum atomic E-state index is 10.8. The summed E-state index contributed by atoms with van der Waals surface area (Å²) >= 11 is 3.19. The highest BCUT2D eigenvalue weighted by Crippen LogP contribution is 2.34. The van der Waals surface area contributed by atoms with E-state index in [0.29, 0.717) is 10.0 Å². The number of nitrogens with zero attached hydrogens (tertiary/aromatic N) is 1. The van der Waals surface area contributed by atoms with Crippen molar-refractivity contribution >= 4 is 21.6 Å². The highest BCUT2D eigenvalue weighted by Gasteiger charge is 2.19. The molecule has 0 spiro atoms. The summed E-state index contributed by atoms with van der Waals surface area (Å²) in [4.78, 5) is 10.3. The number of hydrogen-bond donors (Lipinski definition) is 1. The number of aliphatic hydroxyl groups excluding tert-OH is 1. The number of benzene rings is 1.